The monoisotopic (exact) mass is 337 g/mol. The van der Waals surface area contributed by atoms with Crippen LogP contribution in [-0.2, 0) is 9.53 Å². The number of carbonyl (C=O) groups excluding carboxylic acids is 1. The van der Waals surface area contributed by atoms with E-state index in [2.05, 4.69) is 10.3 Å². The van der Waals surface area contributed by atoms with Crippen molar-refractivity contribution in [3.05, 3.63) is 23.4 Å². The van der Waals surface area contributed by atoms with Crippen molar-refractivity contribution in [3.8, 4) is 0 Å². The quantitative estimate of drug-likeness (QED) is 0.919. The summed E-state index contributed by atoms with van der Waals surface area (Å²) in [5.41, 5.74) is 0. The summed E-state index contributed by atoms with van der Waals surface area (Å²) in [5, 5.41) is 2.97. The maximum absolute atomic E-state index is 12.7. The van der Waals surface area contributed by atoms with E-state index < -0.39 is 24.2 Å². The highest BCUT2D eigenvalue weighted by atomic mass is 35.5. The van der Waals surface area contributed by atoms with E-state index in [4.69, 9.17) is 16.3 Å². The fraction of sp³-hybridized carbons (Fsp3) is 0.538. The van der Waals surface area contributed by atoms with E-state index in [0.29, 0.717) is 10.8 Å². The zero-order valence-electron chi connectivity index (χ0n) is 11.7. The molecule has 1 aliphatic rings. The zero-order valence-corrected chi connectivity index (χ0v) is 12.5. The molecule has 9 heteroatoms. The molecule has 5 nitrogen and oxygen atoms in total. The third-order valence-electron chi connectivity index (χ3n) is 3.37. The molecule has 0 radical (unpaired) electrons. The van der Waals surface area contributed by atoms with Crippen molar-refractivity contribution in [2.45, 2.75) is 25.2 Å². The van der Waals surface area contributed by atoms with Gasteiger partial charge in [-0.2, -0.15) is 13.2 Å². The highest BCUT2D eigenvalue weighted by Gasteiger charge is 2.44. The van der Waals surface area contributed by atoms with Gasteiger partial charge in [0.2, 0.25) is 5.91 Å². The molecule has 0 bridgehead atoms. The van der Waals surface area contributed by atoms with Crippen LogP contribution in [0.1, 0.15) is 6.92 Å². The molecule has 0 spiro atoms. The highest BCUT2D eigenvalue weighted by Crippen LogP contribution is 2.26. The molecule has 2 rings (SSSR count). The van der Waals surface area contributed by atoms with Gasteiger partial charge in [-0.15, -0.1) is 0 Å². The molecule has 1 aliphatic heterocycles. The van der Waals surface area contributed by atoms with E-state index in [9.17, 15) is 18.0 Å². The van der Waals surface area contributed by atoms with Crippen LogP contribution in [0.15, 0.2) is 18.3 Å². The maximum atomic E-state index is 12.7. The molecular formula is C13H15ClF3N3O2. The van der Waals surface area contributed by atoms with Gasteiger partial charge in [0.25, 0.3) is 0 Å². The summed E-state index contributed by atoms with van der Waals surface area (Å²) >= 11 is 5.69. The second-order valence-corrected chi connectivity index (χ2v) is 5.36. The molecule has 1 fully saturated rings. The second-order valence-electron chi connectivity index (χ2n) is 4.92. The first-order valence-electron chi connectivity index (χ1n) is 6.62. The molecular weight excluding hydrogens is 323 g/mol. The molecule has 1 aromatic rings. The predicted molar refractivity (Wildman–Crippen MR) is 74.7 cm³/mol. The predicted octanol–water partition coefficient (Wildman–Crippen LogP) is 2.33. The van der Waals surface area contributed by atoms with Crippen molar-refractivity contribution >= 4 is 23.3 Å². The van der Waals surface area contributed by atoms with Crippen LogP contribution in [0.5, 0.6) is 0 Å². The maximum Gasteiger partial charge on any atom is 0.415 e. The summed E-state index contributed by atoms with van der Waals surface area (Å²) in [4.78, 5) is 17.5. The first-order chi connectivity index (χ1) is 10.3. The van der Waals surface area contributed by atoms with Crippen LogP contribution < -0.4 is 5.32 Å². The number of halogens is 4. The fourth-order valence-electron chi connectivity index (χ4n) is 2.07. The SMILES string of the molecule is C[C@@H](C(=O)Nc1ccc(Cl)cn1)N1CCO[C@@H](C(F)(F)F)C1. The van der Waals surface area contributed by atoms with Crippen LogP contribution in [-0.4, -0.2) is 53.8 Å². The van der Waals surface area contributed by atoms with E-state index in [1.165, 1.54) is 17.2 Å². The van der Waals surface area contributed by atoms with Crippen LogP contribution in [0, 0.1) is 0 Å². The minimum absolute atomic E-state index is 0.0685. The number of aromatic nitrogens is 1. The Labute approximate surface area is 130 Å². The molecule has 0 aromatic carbocycles. The van der Waals surface area contributed by atoms with Crippen LogP contribution in [0.4, 0.5) is 19.0 Å². The van der Waals surface area contributed by atoms with Gasteiger partial charge in [0.15, 0.2) is 6.10 Å². The lowest BCUT2D eigenvalue weighted by Crippen LogP contribution is -2.54. The standard InChI is InChI=1S/C13H15ClF3N3O2/c1-8(12(21)19-11-3-2-9(14)6-18-11)20-4-5-22-10(7-20)13(15,16)17/h2-3,6,8,10H,4-5,7H2,1H3,(H,18,19,21)/t8-,10+/m0/s1. The van der Waals surface area contributed by atoms with Gasteiger partial charge in [-0.25, -0.2) is 4.98 Å². The normalized spacial score (nSPS) is 21.4. The third-order valence-corrected chi connectivity index (χ3v) is 3.59. The number of amides is 1. The summed E-state index contributed by atoms with van der Waals surface area (Å²) in [7, 11) is 0. The highest BCUT2D eigenvalue weighted by molar-refractivity contribution is 6.30. The van der Waals surface area contributed by atoms with Gasteiger partial charge in [0.1, 0.15) is 5.82 Å². The first kappa shape index (κ1) is 17.0. The van der Waals surface area contributed by atoms with Crippen LogP contribution in [0.2, 0.25) is 5.02 Å². The lowest BCUT2D eigenvalue weighted by molar-refractivity contribution is -0.238. The van der Waals surface area contributed by atoms with Crippen molar-refractivity contribution in [2.75, 3.05) is 25.0 Å². The smallest absolute Gasteiger partial charge is 0.366 e. The van der Waals surface area contributed by atoms with Crippen molar-refractivity contribution in [1.82, 2.24) is 9.88 Å². The van der Waals surface area contributed by atoms with Gasteiger partial charge in [-0.05, 0) is 19.1 Å². The molecule has 0 unspecified atom stereocenters. The van der Waals surface area contributed by atoms with E-state index in [1.807, 2.05) is 0 Å². The van der Waals surface area contributed by atoms with Crippen LogP contribution in [0.3, 0.4) is 0 Å². The van der Waals surface area contributed by atoms with Crippen molar-refractivity contribution in [3.63, 3.8) is 0 Å². The van der Waals surface area contributed by atoms with Crippen molar-refractivity contribution < 1.29 is 22.7 Å². The number of pyridine rings is 1. The molecule has 122 valence electrons. The van der Waals surface area contributed by atoms with Crippen molar-refractivity contribution in [2.24, 2.45) is 0 Å². The van der Waals surface area contributed by atoms with E-state index in [0.717, 1.165) is 0 Å². The zero-order chi connectivity index (χ0) is 16.3. The average Bonchev–Trinajstić information content (AvgIpc) is 2.48. The van der Waals surface area contributed by atoms with Gasteiger partial charge < -0.3 is 10.1 Å². The number of carbonyl (C=O) groups is 1. The lowest BCUT2D eigenvalue weighted by atomic mass is 10.2. The summed E-state index contributed by atoms with van der Waals surface area (Å²) in [6.07, 6.45) is -4.94. The second kappa shape index (κ2) is 6.80. The number of hydrogen-bond acceptors (Lipinski definition) is 4. The third kappa shape index (κ3) is 4.31. The molecule has 1 aromatic heterocycles. The Kier molecular flexibility index (Phi) is 5.25. The van der Waals surface area contributed by atoms with E-state index in [1.54, 1.807) is 13.0 Å². The van der Waals surface area contributed by atoms with Gasteiger partial charge in [-0.3, -0.25) is 9.69 Å². The van der Waals surface area contributed by atoms with Gasteiger partial charge in [0.05, 0.1) is 17.7 Å². The molecule has 2 atom stereocenters. The molecule has 0 aliphatic carbocycles. The molecule has 2 heterocycles. The van der Waals surface area contributed by atoms with Crippen molar-refractivity contribution in [1.29, 1.82) is 0 Å². The largest absolute Gasteiger partial charge is 0.415 e. The number of morpholine rings is 1. The van der Waals surface area contributed by atoms with Crippen LogP contribution in [0.25, 0.3) is 0 Å². The number of nitrogens with zero attached hydrogens (tertiary/aromatic N) is 2. The van der Waals surface area contributed by atoms with Gasteiger partial charge in [0, 0.05) is 19.3 Å². The molecule has 1 saturated heterocycles. The first-order valence-corrected chi connectivity index (χ1v) is 7.00. The minimum atomic E-state index is -4.44. The molecule has 1 N–H and O–H groups in total. The number of rotatable bonds is 3. The Balaban J connectivity index is 1.96. The number of ether oxygens (including phenoxy) is 1. The van der Waals surface area contributed by atoms with Gasteiger partial charge >= 0.3 is 6.18 Å². The van der Waals surface area contributed by atoms with Crippen LogP contribution >= 0.6 is 11.6 Å². The molecule has 1 amide bonds. The summed E-state index contributed by atoms with van der Waals surface area (Å²) in [5.74, 6) is -0.139. The Morgan fingerprint density at radius 1 is 1.55 bits per heavy atom. The fourth-order valence-corrected chi connectivity index (χ4v) is 2.18. The van der Waals surface area contributed by atoms with E-state index >= 15 is 0 Å². The Bertz CT molecular complexity index is 524. The van der Waals surface area contributed by atoms with E-state index in [-0.39, 0.29) is 19.7 Å². The summed E-state index contributed by atoms with van der Waals surface area (Å²) in [6, 6.07) is 2.35. The Morgan fingerprint density at radius 2 is 2.27 bits per heavy atom. The number of nitrogens with one attached hydrogen (secondary N) is 1. The summed E-state index contributed by atoms with van der Waals surface area (Å²) < 4.78 is 42.8. The minimum Gasteiger partial charge on any atom is -0.366 e. The number of hydrogen-bond donors (Lipinski definition) is 1. The van der Waals surface area contributed by atoms with Gasteiger partial charge in [-0.1, -0.05) is 11.6 Å². The lowest BCUT2D eigenvalue weighted by Gasteiger charge is -2.36. The summed E-state index contributed by atoms with van der Waals surface area (Å²) in [6.45, 7) is 1.37. The number of anilines is 1. The average molecular weight is 338 g/mol. The molecule has 0 saturated carbocycles. The Morgan fingerprint density at radius 3 is 2.86 bits per heavy atom. The molecule has 22 heavy (non-hydrogen) atoms. The Hall–Kier alpha value is -1.38. The topological polar surface area (TPSA) is 54.5 Å². The number of alkyl halides is 3.